The Labute approximate surface area is 153 Å². The number of nitrogens with zero attached hydrogens (tertiary/aromatic N) is 3. The first-order valence-corrected chi connectivity index (χ1v) is 8.13. The van der Waals surface area contributed by atoms with Crippen molar-refractivity contribution in [1.29, 1.82) is 0 Å². The molecule has 0 amide bonds. The van der Waals surface area contributed by atoms with Crippen LogP contribution in [-0.2, 0) is 0 Å². The highest BCUT2D eigenvalue weighted by Crippen LogP contribution is 2.35. The van der Waals surface area contributed by atoms with Crippen LogP contribution in [0.4, 0.5) is 4.39 Å². The van der Waals surface area contributed by atoms with Gasteiger partial charge in [0.05, 0.1) is 29.3 Å². The third kappa shape index (κ3) is 2.99. The van der Waals surface area contributed by atoms with E-state index in [9.17, 15) is 9.18 Å². The van der Waals surface area contributed by atoms with Crippen molar-refractivity contribution in [2.24, 2.45) is 0 Å². The molecule has 0 aliphatic heterocycles. The van der Waals surface area contributed by atoms with Crippen molar-refractivity contribution in [3.63, 3.8) is 0 Å². The van der Waals surface area contributed by atoms with E-state index in [1.807, 2.05) is 0 Å². The molecule has 4 rings (SSSR count). The Balaban J connectivity index is 1.84. The van der Waals surface area contributed by atoms with Gasteiger partial charge in [0.1, 0.15) is 17.3 Å². The maximum absolute atomic E-state index is 13.7. The van der Waals surface area contributed by atoms with Gasteiger partial charge >= 0.3 is 5.97 Å². The fourth-order valence-electron chi connectivity index (χ4n) is 2.96. The molecule has 1 N–H and O–H groups in total. The van der Waals surface area contributed by atoms with Gasteiger partial charge in [0.15, 0.2) is 0 Å². The van der Waals surface area contributed by atoms with Crippen LogP contribution in [0.25, 0.3) is 28.2 Å². The molecule has 0 saturated heterocycles. The summed E-state index contributed by atoms with van der Waals surface area (Å²) in [6.07, 6.45) is 3.28. The number of hydrogen-bond acceptors (Lipinski definition) is 4. The summed E-state index contributed by atoms with van der Waals surface area (Å²) < 4.78 is 20.8. The van der Waals surface area contributed by atoms with Gasteiger partial charge in [0.2, 0.25) is 0 Å². The molecule has 0 radical (unpaired) electrons. The predicted molar refractivity (Wildman–Crippen MR) is 96.2 cm³/mol. The third-order valence-corrected chi connectivity index (χ3v) is 4.25. The summed E-state index contributed by atoms with van der Waals surface area (Å²) in [5, 5.41) is 13.2. The normalized spacial score (nSPS) is 10.9. The minimum atomic E-state index is -0.990. The maximum Gasteiger partial charge on any atom is 0.335 e. The molecule has 0 aliphatic rings. The lowest BCUT2D eigenvalue weighted by atomic mass is 10.0. The largest absolute Gasteiger partial charge is 0.478 e. The van der Waals surface area contributed by atoms with E-state index in [1.54, 1.807) is 48.3 Å². The van der Waals surface area contributed by atoms with Gasteiger partial charge in [-0.15, -0.1) is 0 Å². The number of carboxylic acid groups (broad SMARTS) is 1. The second kappa shape index (κ2) is 6.53. The van der Waals surface area contributed by atoms with E-state index in [4.69, 9.17) is 9.63 Å². The molecular weight excluding hydrogens is 349 g/mol. The van der Waals surface area contributed by atoms with Crippen molar-refractivity contribution < 1.29 is 18.8 Å². The van der Waals surface area contributed by atoms with Crippen molar-refractivity contribution in [3.8, 4) is 28.2 Å². The zero-order chi connectivity index (χ0) is 19.0. The summed E-state index contributed by atoms with van der Waals surface area (Å²) in [6, 6.07) is 12.6. The van der Waals surface area contributed by atoms with E-state index in [1.165, 1.54) is 24.3 Å². The Morgan fingerprint density at radius 3 is 2.67 bits per heavy atom. The summed E-state index contributed by atoms with van der Waals surface area (Å²) >= 11 is 0. The Bertz CT molecular complexity index is 1130. The number of benzene rings is 2. The van der Waals surface area contributed by atoms with Crippen molar-refractivity contribution in [2.45, 2.75) is 6.92 Å². The first kappa shape index (κ1) is 16.7. The molecule has 27 heavy (non-hydrogen) atoms. The molecule has 0 saturated carbocycles. The monoisotopic (exact) mass is 363 g/mol. The number of carboxylic acids is 1. The van der Waals surface area contributed by atoms with E-state index >= 15 is 0 Å². The number of aromatic nitrogens is 3. The van der Waals surface area contributed by atoms with Gasteiger partial charge in [-0.2, -0.15) is 0 Å². The van der Waals surface area contributed by atoms with Crippen molar-refractivity contribution >= 4 is 5.97 Å². The lowest BCUT2D eigenvalue weighted by molar-refractivity contribution is 0.0697. The topological polar surface area (TPSA) is 81.2 Å². The Hall–Kier alpha value is -3.74. The first-order valence-electron chi connectivity index (χ1n) is 8.13. The number of aryl methyl sites for hydroxylation is 1. The molecule has 4 aromatic rings. The first-order chi connectivity index (χ1) is 13.0. The second-order valence-electron chi connectivity index (χ2n) is 5.97. The summed E-state index contributed by atoms with van der Waals surface area (Å²) in [7, 11) is 0. The quantitative estimate of drug-likeness (QED) is 0.583. The average molecular weight is 363 g/mol. The fourth-order valence-corrected chi connectivity index (χ4v) is 2.96. The second-order valence-corrected chi connectivity index (χ2v) is 5.97. The van der Waals surface area contributed by atoms with Crippen molar-refractivity contribution in [2.75, 3.05) is 0 Å². The zero-order valence-corrected chi connectivity index (χ0v) is 14.3. The third-order valence-electron chi connectivity index (χ3n) is 4.25. The summed E-state index contributed by atoms with van der Waals surface area (Å²) in [6.45, 7) is 1.77. The predicted octanol–water partition coefficient (Wildman–Crippen LogP) is 4.34. The smallest absolute Gasteiger partial charge is 0.335 e. The maximum atomic E-state index is 13.7. The van der Waals surface area contributed by atoms with Crippen LogP contribution < -0.4 is 0 Å². The molecule has 2 heterocycles. The summed E-state index contributed by atoms with van der Waals surface area (Å²) in [4.78, 5) is 15.3. The number of halogens is 1. The number of rotatable bonds is 4. The molecule has 0 aliphatic carbocycles. The molecule has 0 fully saturated rings. The molecule has 6 nitrogen and oxygen atoms in total. The van der Waals surface area contributed by atoms with Crippen LogP contribution in [0.2, 0.25) is 0 Å². The van der Waals surface area contributed by atoms with Crippen LogP contribution in [0.15, 0.2) is 65.6 Å². The van der Waals surface area contributed by atoms with Crippen molar-refractivity contribution in [1.82, 2.24) is 14.7 Å². The highest BCUT2D eigenvalue weighted by Gasteiger charge is 2.20. The van der Waals surface area contributed by atoms with E-state index in [2.05, 4.69) is 10.1 Å². The van der Waals surface area contributed by atoms with E-state index in [0.29, 0.717) is 28.3 Å². The highest BCUT2D eigenvalue weighted by molar-refractivity contribution is 5.88. The molecular formula is C20H14FN3O3. The minimum absolute atomic E-state index is 0.196. The number of aromatic carboxylic acids is 1. The Kier molecular flexibility index (Phi) is 4.04. The molecule has 0 bridgehead atoms. The fraction of sp³-hybridized carbons (Fsp3) is 0.0500. The van der Waals surface area contributed by atoms with Crippen LogP contribution >= 0.6 is 0 Å². The van der Waals surface area contributed by atoms with Gasteiger partial charge in [-0.1, -0.05) is 17.3 Å². The highest BCUT2D eigenvalue weighted by atomic mass is 19.1. The minimum Gasteiger partial charge on any atom is -0.478 e. The molecule has 7 heteroatoms. The molecule has 0 spiro atoms. The van der Waals surface area contributed by atoms with Crippen LogP contribution in [0.5, 0.6) is 0 Å². The van der Waals surface area contributed by atoms with Crippen molar-refractivity contribution in [3.05, 3.63) is 78.2 Å². The molecule has 0 unspecified atom stereocenters. The van der Waals surface area contributed by atoms with Crippen LogP contribution in [0.3, 0.4) is 0 Å². The van der Waals surface area contributed by atoms with E-state index < -0.39 is 5.97 Å². The van der Waals surface area contributed by atoms with E-state index in [-0.39, 0.29) is 11.4 Å². The average Bonchev–Trinajstić information content (AvgIpc) is 3.28. The molecule has 134 valence electrons. The zero-order valence-electron chi connectivity index (χ0n) is 14.3. The van der Waals surface area contributed by atoms with Gasteiger partial charge in [-0.3, -0.25) is 4.57 Å². The SMILES string of the molecule is Cc1onc(-c2cccc(F)c2)c1-c1cncn1-c1ccc(C(=O)O)cc1. The van der Waals surface area contributed by atoms with Gasteiger partial charge in [-0.05, 0) is 43.3 Å². The number of imidazole rings is 1. The van der Waals surface area contributed by atoms with Gasteiger partial charge in [0.25, 0.3) is 0 Å². The lowest BCUT2D eigenvalue weighted by Gasteiger charge is -2.09. The lowest BCUT2D eigenvalue weighted by Crippen LogP contribution is -1.99. The molecule has 2 aromatic heterocycles. The van der Waals surface area contributed by atoms with Crippen LogP contribution in [0.1, 0.15) is 16.1 Å². The number of hydrogen-bond donors (Lipinski definition) is 1. The van der Waals surface area contributed by atoms with Crippen LogP contribution in [0, 0.1) is 12.7 Å². The number of carbonyl (C=O) groups is 1. The standard InChI is InChI=1S/C20H14FN3O3/c1-12-18(19(23-27-12)14-3-2-4-15(21)9-14)17-10-22-11-24(17)16-7-5-13(6-8-16)20(25)26/h2-11H,1H3,(H,25,26). The van der Waals surface area contributed by atoms with E-state index in [0.717, 1.165) is 5.69 Å². The van der Waals surface area contributed by atoms with Gasteiger partial charge in [-0.25, -0.2) is 14.2 Å². The van der Waals surface area contributed by atoms with Gasteiger partial charge < -0.3 is 9.63 Å². The summed E-state index contributed by atoms with van der Waals surface area (Å²) in [5.41, 5.74) is 3.43. The van der Waals surface area contributed by atoms with Crippen LogP contribution in [-0.4, -0.2) is 25.8 Å². The summed E-state index contributed by atoms with van der Waals surface area (Å²) in [5.74, 6) is -0.786. The Morgan fingerprint density at radius 1 is 1.19 bits per heavy atom. The molecule has 2 aromatic carbocycles. The Morgan fingerprint density at radius 2 is 1.96 bits per heavy atom. The molecule has 0 atom stereocenters. The van der Waals surface area contributed by atoms with Gasteiger partial charge in [0, 0.05) is 11.3 Å².